The molecule has 5 heteroatoms. The number of rotatable bonds is 4. The number of hydrogen-bond acceptors (Lipinski definition) is 3. The van der Waals surface area contributed by atoms with Crippen molar-refractivity contribution in [3.63, 3.8) is 0 Å². The fourth-order valence-corrected chi connectivity index (χ4v) is 1.38. The van der Waals surface area contributed by atoms with E-state index in [1.54, 1.807) is 0 Å². The second-order valence-electron chi connectivity index (χ2n) is 4.16. The van der Waals surface area contributed by atoms with E-state index in [-0.39, 0.29) is 23.1 Å². The highest BCUT2D eigenvalue weighted by atomic mass is 16.4. The summed E-state index contributed by atoms with van der Waals surface area (Å²) in [5, 5.41) is 22.4. The summed E-state index contributed by atoms with van der Waals surface area (Å²) in [4.78, 5) is 22.4. The van der Waals surface area contributed by atoms with E-state index in [0.717, 1.165) is 6.07 Å². The van der Waals surface area contributed by atoms with Crippen LogP contribution in [0.15, 0.2) is 18.2 Å². The predicted octanol–water partition coefficient (Wildman–Crippen LogP) is 1.44. The average Bonchev–Trinajstić information content (AvgIpc) is 2.19. The topological polar surface area (TPSA) is 89.5 Å². The van der Waals surface area contributed by atoms with Crippen molar-refractivity contribution in [2.45, 2.75) is 20.3 Å². The molecule has 1 aromatic carbocycles. The van der Waals surface area contributed by atoms with Crippen molar-refractivity contribution in [2.75, 3.05) is 5.32 Å². The number of carbonyl (C=O) groups is 2. The Hall–Kier alpha value is -2.04. The van der Waals surface area contributed by atoms with Crippen LogP contribution >= 0.6 is 0 Å². The van der Waals surface area contributed by atoms with Crippen molar-refractivity contribution in [2.24, 2.45) is 5.92 Å². The maximum atomic E-state index is 11.5. The molecule has 0 unspecified atom stereocenters. The Bertz CT molecular complexity index is 440. The quantitative estimate of drug-likeness (QED) is 0.827. The Kier molecular flexibility index (Phi) is 4.09. The van der Waals surface area contributed by atoms with Gasteiger partial charge in [-0.3, -0.25) is 4.79 Å². The minimum Gasteiger partial charge on any atom is -0.872 e. The lowest BCUT2D eigenvalue weighted by Crippen LogP contribution is -2.16. The highest BCUT2D eigenvalue weighted by Crippen LogP contribution is 2.20. The second kappa shape index (κ2) is 5.34. The number of carboxylic acid groups (broad SMARTS) is 1. The molecule has 0 heterocycles. The summed E-state index contributed by atoms with van der Waals surface area (Å²) in [5.74, 6) is -1.71. The third kappa shape index (κ3) is 3.79. The fourth-order valence-electron chi connectivity index (χ4n) is 1.38. The fraction of sp³-hybridized carbons (Fsp3) is 0.333. The van der Waals surface area contributed by atoms with Crippen LogP contribution in [0.1, 0.15) is 30.6 Å². The minimum absolute atomic E-state index is 0.155. The van der Waals surface area contributed by atoms with Gasteiger partial charge < -0.3 is 15.5 Å². The molecule has 17 heavy (non-hydrogen) atoms. The zero-order valence-electron chi connectivity index (χ0n) is 9.69. The molecule has 0 spiro atoms. The molecule has 1 aromatic rings. The zero-order chi connectivity index (χ0) is 13.0. The van der Waals surface area contributed by atoms with Crippen molar-refractivity contribution in [3.05, 3.63) is 23.8 Å². The highest BCUT2D eigenvalue weighted by molar-refractivity contribution is 6.00. The van der Waals surface area contributed by atoms with Gasteiger partial charge >= 0.3 is 5.97 Å². The zero-order valence-corrected chi connectivity index (χ0v) is 9.69. The average molecular weight is 236 g/mol. The van der Waals surface area contributed by atoms with Crippen LogP contribution in [0.4, 0.5) is 5.69 Å². The maximum Gasteiger partial charge on any atom is 0.337 e. The van der Waals surface area contributed by atoms with Crippen molar-refractivity contribution in [1.29, 1.82) is 0 Å². The first-order valence-corrected chi connectivity index (χ1v) is 5.24. The molecule has 0 aromatic heterocycles. The van der Waals surface area contributed by atoms with Crippen LogP contribution in [-0.4, -0.2) is 17.0 Å². The van der Waals surface area contributed by atoms with Gasteiger partial charge in [0, 0.05) is 6.42 Å². The lowest BCUT2D eigenvalue weighted by molar-refractivity contribution is -0.268. The summed E-state index contributed by atoms with van der Waals surface area (Å²) in [5.41, 5.74) is -0.0302. The molecule has 0 aliphatic rings. The van der Waals surface area contributed by atoms with E-state index in [1.807, 2.05) is 13.8 Å². The number of carbonyl (C=O) groups excluding carboxylic acids is 1. The van der Waals surface area contributed by atoms with Gasteiger partial charge in [-0.05, 0) is 12.0 Å². The van der Waals surface area contributed by atoms with Gasteiger partial charge in [-0.2, -0.15) is 0 Å². The lowest BCUT2D eigenvalue weighted by Gasteiger charge is -2.12. The summed E-state index contributed by atoms with van der Waals surface area (Å²) in [6.07, 6.45) is 0.304. The second-order valence-corrected chi connectivity index (χ2v) is 4.16. The monoisotopic (exact) mass is 236 g/mol. The van der Waals surface area contributed by atoms with Crippen molar-refractivity contribution in [1.82, 2.24) is 0 Å². The number of hydrogen-bond donors (Lipinski definition) is 2. The third-order valence-electron chi connectivity index (χ3n) is 2.09. The summed E-state index contributed by atoms with van der Waals surface area (Å²) < 4.78 is 0. The van der Waals surface area contributed by atoms with Crippen LogP contribution < -0.4 is 10.4 Å². The van der Waals surface area contributed by atoms with E-state index >= 15 is 0 Å². The number of anilines is 1. The number of benzene rings is 1. The van der Waals surface area contributed by atoms with Gasteiger partial charge in [-0.15, -0.1) is 5.75 Å². The normalized spacial score (nSPS) is 10.3. The van der Waals surface area contributed by atoms with Gasteiger partial charge in [0.1, 0.15) is 0 Å². The van der Waals surface area contributed by atoms with E-state index in [0.29, 0.717) is 6.42 Å². The highest BCUT2D eigenvalue weighted by Gasteiger charge is 2.12. The summed E-state index contributed by atoms with van der Waals surface area (Å²) in [6, 6.07) is 3.52. The number of amides is 1. The molecule has 0 bridgehead atoms. The van der Waals surface area contributed by atoms with Gasteiger partial charge in [-0.1, -0.05) is 26.0 Å². The van der Waals surface area contributed by atoms with Crippen LogP contribution in [0.5, 0.6) is 5.75 Å². The Morgan fingerprint density at radius 1 is 1.41 bits per heavy atom. The van der Waals surface area contributed by atoms with E-state index in [4.69, 9.17) is 5.11 Å². The first kappa shape index (κ1) is 13.0. The van der Waals surface area contributed by atoms with Gasteiger partial charge in [-0.25, -0.2) is 4.79 Å². The predicted molar refractivity (Wildman–Crippen MR) is 60.9 cm³/mol. The van der Waals surface area contributed by atoms with Gasteiger partial charge in [0.05, 0.1) is 11.3 Å². The SMILES string of the molecule is CC(C)CC(=O)Nc1ccc([O-])cc1C(=O)O. The number of nitrogens with one attached hydrogen (secondary N) is 1. The molecule has 92 valence electrons. The Labute approximate surface area is 99.1 Å². The van der Waals surface area contributed by atoms with Gasteiger partial charge in [0.2, 0.25) is 5.91 Å². The van der Waals surface area contributed by atoms with Crippen molar-refractivity contribution in [3.8, 4) is 5.75 Å². The van der Waals surface area contributed by atoms with Crippen LogP contribution in [0, 0.1) is 5.92 Å². The summed E-state index contributed by atoms with van der Waals surface area (Å²) in [6.45, 7) is 3.77. The molecule has 2 N–H and O–H groups in total. The molecule has 1 amide bonds. The number of aromatic carboxylic acids is 1. The standard InChI is InChI=1S/C12H15NO4/c1-7(2)5-11(15)13-10-4-3-8(14)6-9(10)12(16)17/h3-4,6-7,14H,5H2,1-2H3,(H,13,15)(H,16,17)/p-1. The van der Waals surface area contributed by atoms with Gasteiger partial charge in [0.25, 0.3) is 0 Å². The van der Waals surface area contributed by atoms with Crippen LogP contribution in [0.25, 0.3) is 0 Å². The van der Waals surface area contributed by atoms with Crippen LogP contribution in [0.2, 0.25) is 0 Å². The molecule has 0 fully saturated rings. The van der Waals surface area contributed by atoms with E-state index in [1.165, 1.54) is 12.1 Å². The van der Waals surface area contributed by atoms with E-state index in [2.05, 4.69) is 5.32 Å². The molecular weight excluding hydrogens is 222 g/mol. The van der Waals surface area contributed by atoms with Crippen LogP contribution in [-0.2, 0) is 4.79 Å². The number of carboxylic acids is 1. The molecule has 0 saturated heterocycles. The maximum absolute atomic E-state index is 11.5. The molecule has 0 atom stereocenters. The molecule has 0 radical (unpaired) electrons. The van der Waals surface area contributed by atoms with Crippen molar-refractivity contribution < 1.29 is 19.8 Å². The minimum atomic E-state index is -1.23. The molecule has 0 aliphatic heterocycles. The Morgan fingerprint density at radius 3 is 2.59 bits per heavy atom. The molecule has 0 aliphatic carbocycles. The molecular formula is C12H14NO4-. The summed E-state index contributed by atoms with van der Waals surface area (Å²) in [7, 11) is 0. The Morgan fingerprint density at radius 2 is 2.06 bits per heavy atom. The first-order chi connectivity index (χ1) is 7.90. The largest absolute Gasteiger partial charge is 0.872 e. The van der Waals surface area contributed by atoms with Gasteiger partial charge in [0.15, 0.2) is 0 Å². The molecule has 1 rings (SSSR count). The van der Waals surface area contributed by atoms with E-state index < -0.39 is 11.7 Å². The summed E-state index contributed by atoms with van der Waals surface area (Å²) >= 11 is 0. The smallest absolute Gasteiger partial charge is 0.337 e. The third-order valence-corrected chi connectivity index (χ3v) is 2.09. The van der Waals surface area contributed by atoms with E-state index in [9.17, 15) is 14.7 Å². The Balaban J connectivity index is 2.91. The first-order valence-electron chi connectivity index (χ1n) is 5.24. The molecule has 5 nitrogen and oxygen atoms in total. The molecule has 0 saturated carbocycles. The lowest BCUT2D eigenvalue weighted by atomic mass is 10.1. The van der Waals surface area contributed by atoms with Crippen molar-refractivity contribution >= 4 is 17.6 Å². The van der Waals surface area contributed by atoms with Crippen LogP contribution in [0.3, 0.4) is 0 Å².